The highest BCUT2D eigenvalue weighted by atomic mass is 19.1. The van der Waals surface area contributed by atoms with Crippen LogP contribution in [-0.4, -0.2) is 11.4 Å². The van der Waals surface area contributed by atoms with Gasteiger partial charge in [0.25, 0.3) is 0 Å². The Morgan fingerprint density at radius 3 is 2.42 bits per heavy atom. The Morgan fingerprint density at radius 2 is 1.95 bits per heavy atom. The third-order valence-corrected chi connectivity index (χ3v) is 3.07. The average Bonchev–Trinajstić information content (AvgIpc) is 2.28. The first-order chi connectivity index (χ1) is 8.79. The van der Waals surface area contributed by atoms with Gasteiger partial charge in [0.1, 0.15) is 11.6 Å². The summed E-state index contributed by atoms with van der Waals surface area (Å²) >= 11 is 0. The minimum atomic E-state index is -1.04. The van der Waals surface area contributed by atoms with Gasteiger partial charge in [-0.2, -0.15) is 0 Å². The number of carbonyl (C=O) groups is 1. The molecule has 3 nitrogen and oxygen atoms in total. The number of carbonyl (C=O) groups excluding carboxylic acids is 1. The Morgan fingerprint density at radius 1 is 1.42 bits per heavy atom. The summed E-state index contributed by atoms with van der Waals surface area (Å²) in [7, 11) is 0. The second-order valence-electron chi connectivity index (χ2n) is 5.00. The zero-order valence-electron chi connectivity index (χ0n) is 11.5. The highest BCUT2D eigenvalue weighted by molar-refractivity contribution is 5.85. The van der Waals surface area contributed by atoms with Crippen LogP contribution < -0.4 is 11.1 Å². The molecule has 0 aliphatic rings. The van der Waals surface area contributed by atoms with Crippen molar-refractivity contribution in [2.45, 2.75) is 45.2 Å². The Balaban J connectivity index is 2.86. The van der Waals surface area contributed by atoms with E-state index >= 15 is 0 Å². The van der Waals surface area contributed by atoms with Gasteiger partial charge >= 0.3 is 0 Å². The lowest BCUT2D eigenvalue weighted by Crippen LogP contribution is -2.52. The monoisotopic (exact) mass is 270 g/mol. The number of halogens is 2. The smallest absolute Gasteiger partial charge is 0.240 e. The number of rotatable bonds is 5. The van der Waals surface area contributed by atoms with Crippen LogP contribution in [0.1, 0.15) is 45.2 Å². The van der Waals surface area contributed by atoms with E-state index in [1.807, 2.05) is 6.92 Å². The Bertz CT molecular complexity index is 441. The van der Waals surface area contributed by atoms with Crippen molar-refractivity contribution in [3.63, 3.8) is 0 Å². The number of nitrogens with one attached hydrogen (secondary N) is 1. The summed E-state index contributed by atoms with van der Waals surface area (Å²) in [5.41, 5.74) is 4.69. The van der Waals surface area contributed by atoms with Gasteiger partial charge in [0.2, 0.25) is 5.91 Å². The van der Waals surface area contributed by atoms with Crippen molar-refractivity contribution in [2.24, 2.45) is 5.73 Å². The van der Waals surface area contributed by atoms with Gasteiger partial charge in [-0.3, -0.25) is 4.79 Å². The van der Waals surface area contributed by atoms with Crippen molar-refractivity contribution >= 4 is 5.91 Å². The molecule has 0 spiro atoms. The first-order valence-corrected chi connectivity index (χ1v) is 6.33. The lowest BCUT2D eigenvalue weighted by atomic mass is 9.95. The minimum absolute atomic E-state index is 0.150. The molecule has 1 rings (SSSR count). The zero-order chi connectivity index (χ0) is 14.6. The summed E-state index contributed by atoms with van der Waals surface area (Å²) in [5, 5.41) is 2.56. The molecule has 5 heteroatoms. The summed E-state index contributed by atoms with van der Waals surface area (Å²) < 4.78 is 27.1. The third-order valence-electron chi connectivity index (χ3n) is 3.07. The summed E-state index contributed by atoms with van der Waals surface area (Å²) in [5.74, 6) is -1.77. The lowest BCUT2D eigenvalue weighted by Gasteiger charge is -2.26. The van der Waals surface area contributed by atoms with Gasteiger partial charge in [-0.05, 0) is 32.4 Å². The van der Waals surface area contributed by atoms with Crippen LogP contribution in [0.4, 0.5) is 8.78 Å². The Hall–Kier alpha value is -1.49. The highest BCUT2D eigenvalue weighted by Gasteiger charge is 2.29. The molecule has 0 aromatic heterocycles. The summed E-state index contributed by atoms with van der Waals surface area (Å²) in [6.45, 7) is 5.05. The van der Waals surface area contributed by atoms with Gasteiger partial charge in [-0.1, -0.05) is 19.4 Å². The molecule has 0 heterocycles. The SMILES string of the molecule is CCCC(C)(N)C(=O)NC(C)c1c(F)cccc1F. The van der Waals surface area contributed by atoms with Crippen LogP contribution in [0, 0.1) is 11.6 Å². The van der Waals surface area contributed by atoms with Crippen molar-refractivity contribution in [1.29, 1.82) is 0 Å². The van der Waals surface area contributed by atoms with E-state index in [9.17, 15) is 13.6 Å². The van der Waals surface area contributed by atoms with E-state index in [0.717, 1.165) is 18.6 Å². The maximum Gasteiger partial charge on any atom is 0.240 e. The molecule has 0 aliphatic heterocycles. The molecule has 2 atom stereocenters. The first-order valence-electron chi connectivity index (χ1n) is 6.33. The van der Waals surface area contributed by atoms with E-state index in [1.165, 1.54) is 13.0 Å². The molecule has 0 radical (unpaired) electrons. The first kappa shape index (κ1) is 15.6. The Kier molecular flexibility index (Phi) is 5.00. The normalized spacial score (nSPS) is 15.7. The van der Waals surface area contributed by atoms with Crippen LogP contribution in [0.3, 0.4) is 0 Å². The second kappa shape index (κ2) is 6.10. The van der Waals surface area contributed by atoms with Crippen molar-refractivity contribution in [1.82, 2.24) is 5.32 Å². The van der Waals surface area contributed by atoms with Crippen molar-refractivity contribution in [2.75, 3.05) is 0 Å². The molecule has 0 aliphatic carbocycles. The van der Waals surface area contributed by atoms with Crippen LogP contribution >= 0.6 is 0 Å². The zero-order valence-corrected chi connectivity index (χ0v) is 11.5. The molecular formula is C14H20F2N2O. The number of benzene rings is 1. The molecular weight excluding hydrogens is 250 g/mol. The molecule has 19 heavy (non-hydrogen) atoms. The van der Waals surface area contributed by atoms with Crippen molar-refractivity contribution in [3.05, 3.63) is 35.4 Å². The molecule has 1 aromatic rings. The molecule has 0 bridgehead atoms. The van der Waals surface area contributed by atoms with E-state index in [0.29, 0.717) is 6.42 Å². The highest BCUT2D eigenvalue weighted by Crippen LogP contribution is 2.21. The largest absolute Gasteiger partial charge is 0.348 e. The average molecular weight is 270 g/mol. The van der Waals surface area contributed by atoms with Gasteiger partial charge in [0, 0.05) is 5.56 Å². The van der Waals surface area contributed by atoms with E-state index in [2.05, 4.69) is 5.32 Å². The molecule has 0 fully saturated rings. The summed E-state index contributed by atoms with van der Waals surface area (Å²) in [6.07, 6.45) is 1.26. The number of nitrogens with two attached hydrogens (primary N) is 1. The van der Waals surface area contributed by atoms with Crippen LogP contribution in [0.25, 0.3) is 0 Å². The molecule has 1 amide bonds. The van der Waals surface area contributed by atoms with Crippen molar-refractivity contribution < 1.29 is 13.6 Å². The third kappa shape index (κ3) is 3.73. The van der Waals surface area contributed by atoms with E-state index in [4.69, 9.17) is 5.73 Å². The topological polar surface area (TPSA) is 55.1 Å². The summed E-state index contributed by atoms with van der Waals surface area (Å²) in [4.78, 5) is 12.0. The van der Waals surface area contributed by atoms with Crippen LogP contribution in [0.2, 0.25) is 0 Å². The Labute approximate surface area is 112 Å². The maximum absolute atomic E-state index is 13.6. The molecule has 2 unspecified atom stereocenters. The molecule has 106 valence electrons. The fraction of sp³-hybridized carbons (Fsp3) is 0.500. The second-order valence-corrected chi connectivity index (χ2v) is 5.00. The van der Waals surface area contributed by atoms with E-state index in [-0.39, 0.29) is 5.56 Å². The standard InChI is InChI=1S/C14H20F2N2O/c1-4-8-14(3,17)13(19)18-9(2)12-10(15)6-5-7-11(12)16/h5-7,9H,4,8,17H2,1-3H3,(H,18,19). The van der Waals surface area contributed by atoms with Crippen LogP contribution in [-0.2, 0) is 4.79 Å². The van der Waals surface area contributed by atoms with Gasteiger partial charge in [0.05, 0.1) is 11.6 Å². The predicted octanol–water partition coefficient (Wildman–Crippen LogP) is 2.66. The molecule has 0 saturated carbocycles. The fourth-order valence-corrected chi connectivity index (χ4v) is 1.99. The van der Waals surface area contributed by atoms with E-state index in [1.54, 1.807) is 6.92 Å². The molecule has 1 aromatic carbocycles. The number of hydrogen-bond donors (Lipinski definition) is 2. The van der Waals surface area contributed by atoms with Gasteiger partial charge in [-0.25, -0.2) is 8.78 Å². The van der Waals surface area contributed by atoms with Gasteiger partial charge in [0.15, 0.2) is 0 Å². The fourth-order valence-electron chi connectivity index (χ4n) is 1.99. The summed E-state index contributed by atoms with van der Waals surface area (Å²) in [6, 6.07) is 2.84. The minimum Gasteiger partial charge on any atom is -0.348 e. The number of amides is 1. The lowest BCUT2D eigenvalue weighted by molar-refractivity contribution is -0.126. The maximum atomic E-state index is 13.6. The number of hydrogen-bond acceptors (Lipinski definition) is 2. The van der Waals surface area contributed by atoms with Gasteiger partial charge < -0.3 is 11.1 Å². The van der Waals surface area contributed by atoms with Crippen LogP contribution in [0.5, 0.6) is 0 Å². The van der Waals surface area contributed by atoms with Crippen LogP contribution in [0.15, 0.2) is 18.2 Å². The quantitative estimate of drug-likeness (QED) is 0.864. The predicted molar refractivity (Wildman–Crippen MR) is 70.4 cm³/mol. The van der Waals surface area contributed by atoms with Crippen molar-refractivity contribution in [3.8, 4) is 0 Å². The van der Waals surface area contributed by atoms with Gasteiger partial charge in [-0.15, -0.1) is 0 Å². The molecule has 3 N–H and O–H groups in total. The van der Waals surface area contributed by atoms with E-state index < -0.39 is 29.1 Å². The molecule has 0 saturated heterocycles.